The molecule has 0 bridgehead atoms. The number of rotatable bonds is 7. The van der Waals surface area contributed by atoms with Gasteiger partial charge in [0, 0.05) is 6.54 Å². The second-order valence-electron chi connectivity index (χ2n) is 6.25. The first kappa shape index (κ1) is 20.7. The monoisotopic (exact) mass is 413 g/mol. The van der Waals surface area contributed by atoms with E-state index < -0.39 is 21.0 Å². The lowest BCUT2D eigenvalue weighted by molar-refractivity contribution is -0.120. The van der Waals surface area contributed by atoms with Crippen molar-refractivity contribution in [3.05, 3.63) is 69.7 Å². The van der Waals surface area contributed by atoms with Gasteiger partial charge < -0.3 is 5.32 Å². The van der Waals surface area contributed by atoms with Crippen molar-refractivity contribution in [3.63, 3.8) is 0 Å². The predicted octanol–water partition coefficient (Wildman–Crippen LogP) is 4.22. The molecule has 26 heavy (non-hydrogen) atoms. The molecule has 4 nitrogen and oxygen atoms in total. The van der Waals surface area contributed by atoms with E-state index in [4.69, 9.17) is 23.2 Å². The van der Waals surface area contributed by atoms with E-state index in [1.807, 2.05) is 37.3 Å². The van der Waals surface area contributed by atoms with Crippen LogP contribution in [0.3, 0.4) is 0 Å². The molecule has 2 rings (SSSR count). The van der Waals surface area contributed by atoms with Crippen molar-refractivity contribution in [3.8, 4) is 0 Å². The lowest BCUT2D eigenvalue weighted by Gasteiger charge is -2.17. The second-order valence-corrected chi connectivity index (χ2v) is 9.39. The van der Waals surface area contributed by atoms with E-state index in [9.17, 15) is 13.2 Å². The van der Waals surface area contributed by atoms with E-state index in [0.717, 1.165) is 5.56 Å². The molecule has 0 heterocycles. The van der Waals surface area contributed by atoms with Gasteiger partial charge in [-0.2, -0.15) is 0 Å². The number of amides is 1. The van der Waals surface area contributed by atoms with Crippen molar-refractivity contribution in [2.45, 2.75) is 30.8 Å². The van der Waals surface area contributed by atoms with E-state index in [0.29, 0.717) is 17.1 Å². The molecular formula is C19H21Cl2NO3S. The summed E-state index contributed by atoms with van der Waals surface area (Å²) in [7, 11) is -3.67. The van der Waals surface area contributed by atoms with Gasteiger partial charge in [-0.1, -0.05) is 66.5 Å². The van der Waals surface area contributed by atoms with Crippen molar-refractivity contribution < 1.29 is 13.2 Å². The number of halogens is 2. The highest BCUT2D eigenvalue weighted by molar-refractivity contribution is 7.92. The van der Waals surface area contributed by atoms with E-state index in [-0.39, 0.29) is 16.7 Å². The second kappa shape index (κ2) is 8.89. The highest BCUT2D eigenvalue weighted by Crippen LogP contribution is 2.24. The molecular weight excluding hydrogens is 393 g/mol. The Balaban J connectivity index is 1.98. The topological polar surface area (TPSA) is 63.2 Å². The van der Waals surface area contributed by atoms with Crippen molar-refractivity contribution in [2.75, 3.05) is 6.54 Å². The summed E-state index contributed by atoms with van der Waals surface area (Å²) in [5, 5.41) is 2.22. The van der Waals surface area contributed by atoms with Crippen LogP contribution in [0.2, 0.25) is 10.0 Å². The van der Waals surface area contributed by atoms with Crippen LogP contribution in [-0.2, 0) is 20.4 Å². The van der Waals surface area contributed by atoms with Gasteiger partial charge in [-0.15, -0.1) is 0 Å². The average molecular weight is 414 g/mol. The summed E-state index contributed by atoms with van der Waals surface area (Å²) in [4.78, 5) is 12.3. The maximum atomic E-state index is 12.5. The Labute approximate surface area is 164 Å². The highest BCUT2D eigenvalue weighted by atomic mass is 35.5. The fourth-order valence-electron chi connectivity index (χ4n) is 2.45. The van der Waals surface area contributed by atoms with Crippen LogP contribution in [-0.4, -0.2) is 26.1 Å². The number of hydrogen-bond donors (Lipinski definition) is 1. The van der Waals surface area contributed by atoms with Crippen LogP contribution in [0.25, 0.3) is 0 Å². The molecule has 0 radical (unpaired) electrons. The predicted molar refractivity (Wildman–Crippen MR) is 106 cm³/mol. The first-order valence-corrected chi connectivity index (χ1v) is 10.7. The van der Waals surface area contributed by atoms with Crippen LogP contribution >= 0.6 is 23.2 Å². The van der Waals surface area contributed by atoms with E-state index >= 15 is 0 Å². The Morgan fingerprint density at radius 1 is 1.04 bits per heavy atom. The van der Waals surface area contributed by atoms with Gasteiger partial charge in [-0.05, 0) is 36.1 Å². The summed E-state index contributed by atoms with van der Waals surface area (Å²) in [6.07, 6.45) is 0. The number of sulfone groups is 1. The number of nitrogens with one attached hydrogen (secondary N) is 1. The molecule has 7 heteroatoms. The number of benzene rings is 2. The third-order valence-corrected chi connectivity index (χ3v) is 6.98. The van der Waals surface area contributed by atoms with Gasteiger partial charge in [0.2, 0.25) is 5.91 Å². The fourth-order valence-corrected chi connectivity index (χ4v) is 4.07. The zero-order chi connectivity index (χ0) is 19.3. The zero-order valence-electron chi connectivity index (χ0n) is 14.6. The van der Waals surface area contributed by atoms with E-state index in [2.05, 4.69) is 5.32 Å². The normalized spacial score (nSPS) is 13.8. The molecule has 1 amide bonds. The molecule has 1 N–H and O–H groups in total. The summed E-state index contributed by atoms with van der Waals surface area (Å²) >= 11 is 11.8. The number of carbonyl (C=O) groups excluding carboxylic acids is 1. The molecule has 2 aromatic carbocycles. The maximum absolute atomic E-state index is 12.5. The van der Waals surface area contributed by atoms with Gasteiger partial charge in [0.15, 0.2) is 9.84 Å². The van der Waals surface area contributed by atoms with Crippen LogP contribution in [0.5, 0.6) is 0 Å². The minimum Gasteiger partial charge on any atom is -0.354 e. The average Bonchev–Trinajstić information content (AvgIpc) is 2.62. The fraction of sp³-hybridized carbons (Fsp3) is 0.316. The SMILES string of the molecule is C[C@@H](CNC(=O)[C@H](C)S(=O)(=O)Cc1ccc(Cl)c(Cl)c1)c1ccccc1. The minimum atomic E-state index is -3.67. The third kappa shape index (κ3) is 5.47. The van der Waals surface area contributed by atoms with Crippen LogP contribution in [0, 0.1) is 0 Å². The van der Waals surface area contributed by atoms with Gasteiger partial charge >= 0.3 is 0 Å². The van der Waals surface area contributed by atoms with Gasteiger partial charge in [0.1, 0.15) is 5.25 Å². The van der Waals surface area contributed by atoms with Gasteiger partial charge in [-0.3, -0.25) is 4.79 Å². The molecule has 0 aliphatic carbocycles. The highest BCUT2D eigenvalue weighted by Gasteiger charge is 2.28. The number of hydrogen-bond acceptors (Lipinski definition) is 3. The van der Waals surface area contributed by atoms with Gasteiger partial charge in [0.25, 0.3) is 0 Å². The third-order valence-electron chi connectivity index (χ3n) is 4.21. The van der Waals surface area contributed by atoms with Crippen LogP contribution < -0.4 is 5.32 Å². The van der Waals surface area contributed by atoms with E-state index in [1.54, 1.807) is 12.1 Å². The Morgan fingerprint density at radius 2 is 1.69 bits per heavy atom. The summed E-state index contributed by atoms with van der Waals surface area (Å²) in [6, 6.07) is 14.4. The molecule has 2 aromatic rings. The first-order valence-electron chi connectivity index (χ1n) is 8.19. The smallest absolute Gasteiger partial charge is 0.238 e. The van der Waals surface area contributed by atoms with Gasteiger partial charge in [0.05, 0.1) is 15.8 Å². The molecule has 0 aromatic heterocycles. The summed E-state index contributed by atoms with van der Waals surface area (Å²) in [6.45, 7) is 3.75. The minimum absolute atomic E-state index is 0.0881. The van der Waals surface area contributed by atoms with Crippen molar-refractivity contribution >= 4 is 38.9 Å². The lowest BCUT2D eigenvalue weighted by Crippen LogP contribution is -2.39. The summed E-state index contributed by atoms with van der Waals surface area (Å²) in [5.74, 6) is -0.690. The van der Waals surface area contributed by atoms with Crippen LogP contribution in [0.1, 0.15) is 30.9 Å². The standard InChI is InChI=1S/C19H21Cl2NO3S/c1-13(16-6-4-3-5-7-16)11-22-19(23)14(2)26(24,25)12-15-8-9-17(20)18(21)10-15/h3-10,13-14H,11-12H2,1-2H3,(H,22,23)/t13-,14-/m0/s1. The van der Waals surface area contributed by atoms with Crippen LogP contribution in [0.4, 0.5) is 0 Å². The van der Waals surface area contributed by atoms with Crippen molar-refractivity contribution in [1.29, 1.82) is 0 Å². The Hall–Kier alpha value is -1.56. The Bertz CT molecular complexity index is 870. The maximum Gasteiger partial charge on any atom is 0.238 e. The molecule has 0 unspecified atom stereocenters. The zero-order valence-corrected chi connectivity index (χ0v) is 16.9. The molecule has 0 spiro atoms. The quantitative estimate of drug-likeness (QED) is 0.738. The molecule has 2 atom stereocenters. The van der Waals surface area contributed by atoms with Crippen LogP contribution in [0.15, 0.2) is 48.5 Å². The van der Waals surface area contributed by atoms with Gasteiger partial charge in [-0.25, -0.2) is 8.42 Å². The molecule has 0 aliphatic rings. The molecule has 0 saturated carbocycles. The molecule has 0 aliphatic heterocycles. The lowest BCUT2D eigenvalue weighted by atomic mass is 10.0. The Morgan fingerprint density at radius 3 is 2.31 bits per heavy atom. The number of carbonyl (C=O) groups is 1. The van der Waals surface area contributed by atoms with Crippen molar-refractivity contribution in [2.24, 2.45) is 0 Å². The summed E-state index contributed by atoms with van der Waals surface area (Å²) < 4.78 is 25.0. The molecule has 0 fully saturated rings. The largest absolute Gasteiger partial charge is 0.354 e. The van der Waals surface area contributed by atoms with E-state index in [1.165, 1.54) is 13.0 Å². The summed E-state index contributed by atoms with van der Waals surface area (Å²) in [5.41, 5.74) is 1.58. The Kier molecular flexibility index (Phi) is 7.09. The molecule has 140 valence electrons. The molecule has 0 saturated heterocycles. The first-order chi connectivity index (χ1) is 12.2. The van der Waals surface area contributed by atoms with Crippen molar-refractivity contribution in [1.82, 2.24) is 5.32 Å².